The van der Waals surface area contributed by atoms with Gasteiger partial charge < -0.3 is 19.9 Å². The Hall–Kier alpha value is -1.70. The third kappa shape index (κ3) is 7.57. The third-order valence-electron chi connectivity index (χ3n) is 4.33. The average Bonchev–Trinajstić information content (AvgIpc) is 2.68. The van der Waals surface area contributed by atoms with E-state index in [1.54, 1.807) is 11.8 Å². The van der Waals surface area contributed by atoms with E-state index in [2.05, 4.69) is 40.3 Å². The zero-order valence-electron chi connectivity index (χ0n) is 17.0. The molecule has 0 saturated carbocycles. The second-order valence-electron chi connectivity index (χ2n) is 6.67. The third-order valence-corrected chi connectivity index (χ3v) is 5.57. The molecule has 0 aromatic heterocycles. The van der Waals surface area contributed by atoms with Crippen LogP contribution in [0, 0.1) is 6.92 Å². The molecule has 0 aliphatic carbocycles. The van der Waals surface area contributed by atoms with Crippen molar-refractivity contribution in [1.82, 2.24) is 5.32 Å². The molecule has 0 saturated heterocycles. The van der Waals surface area contributed by atoms with Crippen LogP contribution in [0.15, 0.2) is 40.9 Å². The van der Waals surface area contributed by atoms with Crippen LogP contribution in [0.2, 0.25) is 0 Å². The number of ether oxygens (including phenoxy) is 2. The van der Waals surface area contributed by atoms with Crippen LogP contribution in [-0.2, 0) is 17.9 Å². The number of carbonyl (C=O) groups is 1. The largest absolute Gasteiger partial charge is 0.490 e. The van der Waals surface area contributed by atoms with Gasteiger partial charge in [0, 0.05) is 6.54 Å². The first-order chi connectivity index (χ1) is 13.9. The Morgan fingerprint density at radius 2 is 1.93 bits per heavy atom. The summed E-state index contributed by atoms with van der Waals surface area (Å²) >= 11 is 5.22. The Kier molecular flexibility index (Phi) is 9.84. The molecule has 1 atom stereocenters. The molecule has 158 valence electrons. The maximum absolute atomic E-state index is 11.4. The van der Waals surface area contributed by atoms with Gasteiger partial charge in [-0.15, -0.1) is 0 Å². The van der Waals surface area contributed by atoms with Gasteiger partial charge in [-0.2, -0.15) is 11.8 Å². The van der Waals surface area contributed by atoms with Gasteiger partial charge in [-0.25, -0.2) is 0 Å². The predicted molar refractivity (Wildman–Crippen MR) is 122 cm³/mol. The van der Waals surface area contributed by atoms with E-state index in [0.717, 1.165) is 21.4 Å². The summed E-state index contributed by atoms with van der Waals surface area (Å²) in [6, 6.07) is 11.5. The molecule has 0 spiro atoms. The number of hydrogen-bond acceptors (Lipinski definition) is 5. The summed E-state index contributed by atoms with van der Waals surface area (Å²) < 4.78 is 12.6. The van der Waals surface area contributed by atoms with E-state index in [-0.39, 0.29) is 0 Å². The van der Waals surface area contributed by atoms with E-state index < -0.39 is 12.0 Å². The van der Waals surface area contributed by atoms with Crippen molar-refractivity contribution in [2.24, 2.45) is 0 Å². The topological polar surface area (TPSA) is 67.8 Å². The van der Waals surface area contributed by atoms with Crippen LogP contribution in [0.3, 0.4) is 0 Å². The highest BCUT2D eigenvalue weighted by Crippen LogP contribution is 2.37. The summed E-state index contributed by atoms with van der Waals surface area (Å²) in [5.41, 5.74) is 3.21. The molecule has 0 radical (unpaired) electrons. The smallest absolute Gasteiger partial charge is 0.320 e. The number of carboxylic acids is 1. The zero-order valence-corrected chi connectivity index (χ0v) is 19.4. The molecule has 5 nitrogen and oxygen atoms in total. The fourth-order valence-electron chi connectivity index (χ4n) is 2.76. The first-order valence-electron chi connectivity index (χ1n) is 9.53. The number of rotatable bonds is 12. The number of nitrogens with one attached hydrogen (secondary N) is 1. The van der Waals surface area contributed by atoms with Crippen molar-refractivity contribution in [3.63, 3.8) is 0 Å². The summed E-state index contributed by atoms with van der Waals surface area (Å²) in [5, 5.41) is 12.5. The lowest BCUT2D eigenvalue weighted by atomic mass is 10.1. The first kappa shape index (κ1) is 23.6. The highest BCUT2D eigenvalue weighted by molar-refractivity contribution is 9.10. The number of benzene rings is 2. The molecule has 2 rings (SSSR count). The van der Waals surface area contributed by atoms with Crippen LogP contribution < -0.4 is 14.8 Å². The molecular formula is C22H28BrNO4S. The van der Waals surface area contributed by atoms with Gasteiger partial charge in [0.25, 0.3) is 0 Å². The van der Waals surface area contributed by atoms with Gasteiger partial charge in [0.05, 0.1) is 11.1 Å². The molecule has 0 aliphatic heterocycles. The molecule has 1 unspecified atom stereocenters. The highest BCUT2D eigenvalue weighted by atomic mass is 79.9. The summed E-state index contributed by atoms with van der Waals surface area (Å²) in [6.07, 6.45) is 2.55. The van der Waals surface area contributed by atoms with Gasteiger partial charge in [0.2, 0.25) is 0 Å². The molecule has 0 aliphatic rings. The van der Waals surface area contributed by atoms with Crippen molar-refractivity contribution in [2.45, 2.75) is 39.5 Å². The Morgan fingerprint density at radius 1 is 1.21 bits per heavy atom. The van der Waals surface area contributed by atoms with Crippen molar-refractivity contribution in [2.75, 3.05) is 18.6 Å². The lowest BCUT2D eigenvalue weighted by Crippen LogP contribution is -2.36. The molecule has 29 heavy (non-hydrogen) atoms. The molecule has 7 heteroatoms. The van der Waals surface area contributed by atoms with Crippen molar-refractivity contribution < 1.29 is 19.4 Å². The predicted octanol–water partition coefficient (Wildman–Crippen LogP) is 5.03. The van der Waals surface area contributed by atoms with Crippen LogP contribution in [0.1, 0.15) is 30.0 Å². The van der Waals surface area contributed by atoms with Gasteiger partial charge >= 0.3 is 5.97 Å². The van der Waals surface area contributed by atoms with Crippen molar-refractivity contribution in [3.8, 4) is 11.5 Å². The monoisotopic (exact) mass is 481 g/mol. The fourth-order valence-corrected chi connectivity index (χ4v) is 3.83. The minimum absolute atomic E-state index is 0.433. The molecule has 2 aromatic rings. The minimum Gasteiger partial charge on any atom is -0.490 e. The second-order valence-corrected chi connectivity index (χ2v) is 8.51. The van der Waals surface area contributed by atoms with Crippen LogP contribution in [-0.4, -0.2) is 35.7 Å². The Bertz CT molecular complexity index is 798. The molecule has 2 N–H and O–H groups in total. The lowest BCUT2D eigenvalue weighted by molar-refractivity contribution is -0.139. The number of carboxylic acid groups (broad SMARTS) is 1. The quantitative estimate of drug-likeness (QED) is 0.442. The van der Waals surface area contributed by atoms with Crippen LogP contribution >= 0.6 is 27.7 Å². The van der Waals surface area contributed by atoms with E-state index in [1.807, 2.05) is 37.4 Å². The maximum atomic E-state index is 11.4. The summed E-state index contributed by atoms with van der Waals surface area (Å²) in [4.78, 5) is 11.4. The van der Waals surface area contributed by atoms with Crippen LogP contribution in [0.4, 0.5) is 0 Å². The molecule has 0 heterocycles. The molecule has 0 fully saturated rings. The Morgan fingerprint density at radius 3 is 2.55 bits per heavy atom. The van der Waals surface area contributed by atoms with E-state index in [0.29, 0.717) is 37.7 Å². The van der Waals surface area contributed by atoms with E-state index in [1.165, 1.54) is 5.56 Å². The molecular weight excluding hydrogens is 454 g/mol. The number of hydrogen-bond donors (Lipinski definition) is 2. The SMILES string of the molecule is CCOc1cc(CNC(CCSC)C(=O)O)cc(Br)c1OCc1ccc(C)cc1. The molecule has 0 amide bonds. The number of halogens is 1. The maximum Gasteiger partial charge on any atom is 0.320 e. The Labute approximate surface area is 185 Å². The van der Waals surface area contributed by atoms with Gasteiger partial charge in [-0.1, -0.05) is 29.8 Å². The molecule has 0 bridgehead atoms. The minimum atomic E-state index is -0.832. The highest BCUT2D eigenvalue weighted by Gasteiger charge is 2.18. The average molecular weight is 482 g/mol. The number of aliphatic carboxylic acids is 1. The van der Waals surface area contributed by atoms with Crippen molar-refractivity contribution >= 4 is 33.7 Å². The van der Waals surface area contributed by atoms with E-state index in [9.17, 15) is 9.90 Å². The standard InChI is InChI=1S/C22H28BrNO4S/c1-4-27-20-12-17(13-24-19(22(25)26)9-10-29-3)11-18(23)21(20)28-14-16-7-5-15(2)6-8-16/h5-8,11-12,19,24H,4,9-10,13-14H2,1-3H3,(H,25,26). The van der Waals surface area contributed by atoms with E-state index >= 15 is 0 Å². The summed E-state index contributed by atoms with van der Waals surface area (Å²) in [5.74, 6) is 1.25. The van der Waals surface area contributed by atoms with Gasteiger partial charge in [-0.3, -0.25) is 4.79 Å². The van der Waals surface area contributed by atoms with Gasteiger partial charge in [0.1, 0.15) is 12.6 Å². The lowest BCUT2D eigenvalue weighted by Gasteiger charge is -2.17. The summed E-state index contributed by atoms with van der Waals surface area (Å²) in [6.45, 7) is 5.35. The number of aryl methyl sites for hydroxylation is 1. The second kappa shape index (κ2) is 12.1. The van der Waals surface area contributed by atoms with Crippen LogP contribution in [0.5, 0.6) is 11.5 Å². The van der Waals surface area contributed by atoms with E-state index in [4.69, 9.17) is 9.47 Å². The molecule has 2 aromatic carbocycles. The summed E-state index contributed by atoms with van der Waals surface area (Å²) in [7, 11) is 0. The Balaban J connectivity index is 2.11. The van der Waals surface area contributed by atoms with Crippen molar-refractivity contribution in [3.05, 3.63) is 57.6 Å². The number of thioether (sulfide) groups is 1. The van der Waals surface area contributed by atoms with Gasteiger partial charge in [0.15, 0.2) is 11.5 Å². The zero-order chi connectivity index (χ0) is 21.2. The fraction of sp³-hybridized carbons (Fsp3) is 0.409. The normalized spacial score (nSPS) is 11.9. The first-order valence-corrected chi connectivity index (χ1v) is 11.7. The van der Waals surface area contributed by atoms with Gasteiger partial charge in [-0.05, 0) is 71.5 Å². The van der Waals surface area contributed by atoms with Crippen molar-refractivity contribution in [1.29, 1.82) is 0 Å². The van der Waals surface area contributed by atoms with Crippen LogP contribution in [0.25, 0.3) is 0 Å².